The summed E-state index contributed by atoms with van der Waals surface area (Å²) in [6.07, 6.45) is 7.31. The minimum atomic E-state index is -1.44. The van der Waals surface area contributed by atoms with Gasteiger partial charge in [-0.1, -0.05) is 32.1 Å². The third-order valence-electron chi connectivity index (χ3n) is 7.10. The van der Waals surface area contributed by atoms with Crippen LogP contribution in [-0.2, 0) is 16.1 Å². The van der Waals surface area contributed by atoms with E-state index in [-0.39, 0.29) is 37.0 Å². The molecule has 2 aliphatic carbocycles. The number of fused-ring (bicyclic) bond motifs is 1. The molecule has 0 radical (unpaired) electrons. The van der Waals surface area contributed by atoms with Crippen molar-refractivity contribution in [2.24, 2.45) is 0 Å². The van der Waals surface area contributed by atoms with Crippen molar-refractivity contribution < 1.29 is 19.0 Å². The molecule has 0 bridgehead atoms. The lowest BCUT2D eigenvalue weighted by Crippen LogP contribution is -2.42. The zero-order chi connectivity index (χ0) is 24.2. The Kier molecular flexibility index (Phi) is 7.70. The van der Waals surface area contributed by atoms with Crippen molar-refractivity contribution in [1.82, 2.24) is 9.13 Å². The Hall–Kier alpha value is -2.68. The van der Waals surface area contributed by atoms with Crippen molar-refractivity contribution in [1.29, 1.82) is 0 Å². The fraction of sp³-hybridized carbons (Fsp3) is 0.640. The molecular weight excluding hydrogens is 441 g/mol. The standard InChI is InChI=1S/C25H34FN3O5/c1-2-34-24(32)22(30)12-13-28-23(31)18-14-19(26)20(27-16-8-4-3-5-9-16)15-21(18)29(25(28)33)17-10-6-7-11-17/h14-17,22,27,30H,2-13H2,1H3. The highest BCUT2D eigenvalue weighted by atomic mass is 19.1. The van der Waals surface area contributed by atoms with Gasteiger partial charge in [-0.15, -0.1) is 0 Å². The average molecular weight is 476 g/mol. The summed E-state index contributed by atoms with van der Waals surface area (Å²) in [5, 5.41) is 13.5. The zero-order valence-corrected chi connectivity index (χ0v) is 19.7. The number of halogens is 1. The second kappa shape index (κ2) is 10.7. The predicted molar refractivity (Wildman–Crippen MR) is 128 cm³/mol. The van der Waals surface area contributed by atoms with Crippen LogP contribution >= 0.6 is 0 Å². The van der Waals surface area contributed by atoms with Crippen molar-refractivity contribution in [2.75, 3.05) is 11.9 Å². The largest absolute Gasteiger partial charge is 0.464 e. The van der Waals surface area contributed by atoms with Gasteiger partial charge < -0.3 is 15.2 Å². The van der Waals surface area contributed by atoms with Gasteiger partial charge in [0.25, 0.3) is 5.56 Å². The number of esters is 1. The lowest BCUT2D eigenvalue weighted by Gasteiger charge is -2.25. The Balaban J connectivity index is 1.75. The molecule has 0 saturated heterocycles. The fourth-order valence-corrected chi connectivity index (χ4v) is 5.30. The number of nitrogens with one attached hydrogen (secondary N) is 1. The van der Waals surface area contributed by atoms with Crippen LogP contribution < -0.4 is 16.6 Å². The van der Waals surface area contributed by atoms with E-state index in [2.05, 4.69) is 5.32 Å². The number of hydrogen-bond donors (Lipinski definition) is 2. The molecule has 1 heterocycles. The first-order valence-corrected chi connectivity index (χ1v) is 12.5. The number of ether oxygens (including phenoxy) is 1. The summed E-state index contributed by atoms with van der Waals surface area (Å²) >= 11 is 0. The van der Waals surface area contributed by atoms with Crippen LogP contribution in [0.15, 0.2) is 21.7 Å². The van der Waals surface area contributed by atoms with E-state index in [9.17, 15) is 19.5 Å². The minimum absolute atomic E-state index is 0.0789. The minimum Gasteiger partial charge on any atom is -0.464 e. The number of rotatable bonds is 8. The summed E-state index contributed by atoms with van der Waals surface area (Å²) in [4.78, 5) is 38.5. The zero-order valence-electron chi connectivity index (χ0n) is 19.7. The molecule has 0 spiro atoms. The molecule has 8 nitrogen and oxygen atoms in total. The van der Waals surface area contributed by atoms with Gasteiger partial charge in [0.05, 0.1) is 23.2 Å². The first kappa shape index (κ1) is 24.4. The second-order valence-corrected chi connectivity index (χ2v) is 9.43. The van der Waals surface area contributed by atoms with Gasteiger partial charge in [-0.2, -0.15) is 0 Å². The molecule has 0 aliphatic heterocycles. The predicted octanol–water partition coefficient (Wildman–Crippen LogP) is 3.48. The average Bonchev–Trinajstić information content (AvgIpc) is 3.35. The summed E-state index contributed by atoms with van der Waals surface area (Å²) in [6.45, 7) is 1.59. The van der Waals surface area contributed by atoms with Crippen LogP contribution in [0.3, 0.4) is 0 Å². The Morgan fingerprint density at radius 2 is 1.82 bits per heavy atom. The molecule has 1 aromatic heterocycles. The Labute approximate surface area is 197 Å². The van der Waals surface area contributed by atoms with E-state index in [0.29, 0.717) is 11.2 Å². The summed E-state index contributed by atoms with van der Waals surface area (Å²) in [6, 6.07) is 2.92. The molecule has 1 aromatic carbocycles. The van der Waals surface area contributed by atoms with Gasteiger partial charge in [0.15, 0.2) is 6.10 Å². The monoisotopic (exact) mass is 475 g/mol. The third-order valence-corrected chi connectivity index (χ3v) is 7.10. The molecule has 2 aliphatic rings. The molecular formula is C25H34FN3O5. The molecule has 2 saturated carbocycles. The van der Waals surface area contributed by atoms with Crippen molar-refractivity contribution >= 4 is 22.6 Å². The topological polar surface area (TPSA) is 103 Å². The van der Waals surface area contributed by atoms with E-state index in [1.54, 1.807) is 17.6 Å². The Morgan fingerprint density at radius 3 is 2.50 bits per heavy atom. The number of aliphatic hydroxyl groups excluding tert-OH is 1. The number of aromatic nitrogens is 2. The van der Waals surface area contributed by atoms with Gasteiger partial charge in [-0.25, -0.2) is 14.0 Å². The van der Waals surface area contributed by atoms with E-state index in [4.69, 9.17) is 4.74 Å². The maximum atomic E-state index is 15.1. The van der Waals surface area contributed by atoms with Gasteiger partial charge in [-0.05, 0) is 44.7 Å². The summed E-state index contributed by atoms with van der Waals surface area (Å²) in [5.74, 6) is -1.32. The van der Waals surface area contributed by atoms with Gasteiger partial charge >= 0.3 is 11.7 Å². The van der Waals surface area contributed by atoms with E-state index in [0.717, 1.165) is 55.9 Å². The van der Waals surface area contributed by atoms with Crippen LogP contribution in [-0.4, -0.2) is 39.0 Å². The van der Waals surface area contributed by atoms with Crippen molar-refractivity contribution in [3.05, 3.63) is 38.8 Å². The molecule has 186 valence electrons. The molecule has 4 rings (SSSR count). The molecule has 0 amide bonds. The van der Waals surface area contributed by atoms with E-state index in [1.807, 2.05) is 0 Å². The summed E-state index contributed by atoms with van der Waals surface area (Å²) < 4.78 is 22.5. The van der Waals surface area contributed by atoms with E-state index >= 15 is 4.39 Å². The molecule has 9 heteroatoms. The highest BCUT2D eigenvalue weighted by molar-refractivity contribution is 5.82. The van der Waals surface area contributed by atoms with E-state index in [1.165, 1.54) is 12.5 Å². The van der Waals surface area contributed by atoms with Crippen LogP contribution in [0.2, 0.25) is 0 Å². The number of carbonyl (C=O) groups is 1. The van der Waals surface area contributed by atoms with Crippen molar-refractivity contribution in [2.45, 2.75) is 95.9 Å². The first-order valence-electron chi connectivity index (χ1n) is 12.5. The SMILES string of the molecule is CCOC(=O)C(O)CCn1c(=O)c2cc(F)c(NC3CCCCC3)cc2n(C2CCCC2)c1=O. The number of carbonyl (C=O) groups excluding carboxylic acids is 1. The van der Waals surface area contributed by atoms with Crippen molar-refractivity contribution in [3.63, 3.8) is 0 Å². The normalized spacial score (nSPS) is 18.3. The number of benzene rings is 1. The highest BCUT2D eigenvalue weighted by Crippen LogP contribution is 2.32. The fourth-order valence-electron chi connectivity index (χ4n) is 5.30. The van der Waals surface area contributed by atoms with Crippen LogP contribution in [0.25, 0.3) is 10.9 Å². The van der Waals surface area contributed by atoms with Gasteiger partial charge in [0.2, 0.25) is 0 Å². The summed E-state index contributed by atoms with van der Waals surface area (Å²) in [5.41, 5.74) is -0.353. The number of nitrogens with zero attached hydrogens (tertiary/aromatic N) is 2. The number of anilines is 1. The molecule has 1 atom stereocenters. The summed E-state index contributed by atoms with van der Waals surface area (Å²) in [7, 11) is 0. The number of aliphatic hydroxyl groups is 1. The maximum absolute atomic E-state index is 15.1. The van der Waals surface area contributed by atoms with Gasteiger partial charge in [0, 0.05) is 25.0 Å². The maximum Gasteiger partial charge on any atom is 0.335 e. The molecule has 1 unspecified atom stereocenters. The first-order chi connectivity index (χ1) is 16.4. The lowest BCUT2D eigenvalue weighted by molar-refractivity contribution is -0.153. The van der Waals surface area contributed by atoms with E-state index < -0.39 is 29.1 Å². The lowest BCUT2D eigenvalue weighted by atomic mass is 9.95. The molecule has 2 aromatic rings. The molecule has 34 heavy (non-hydrogen) atoms. The smallest absolute Gasteiger partial charge is 0.335 e. The van der Waals surface area contributed by atoms with Crippen LogP contribution in [0.5, 0.6) is 0 Å². The Morgan fingerprint density at radius 1 is 1.15 bits per heavy atom. The molecule has 2 fully saturated rings. The van der Waals surface area contributed by atoms with Gasteiger partial charge in [0.1, 0.15) is 5.82 Å². The van der Waals surface area contributed by atoms with Crippen LogP contribution in [0, 0.1) is 5.82 Å². The van der Waals surface area contributed by atoms with Crippen molar-refractivity contribution in [3.8, 4) is 0 Å². The quantitative estimate of drug-likeness (QED) is 0.567. The highest BCUT2D eigenvalue weighted by Gasteiger charge is 2.26. The van der Waals surface area contributed by atoms with Gasteiger partial charge in [-0.3, -0.25) is 13.9 Å². The molecule has 2 N–H and O–H groups in total. The van der Waals surface area contributed by atoms with Crippen LogP contribution in [0.1, 0.15) is 77.2 Å². The van der Waals surface area contributed by atoms with Crippen LogP contribution in [0.4, 0.5) is 10.1 Å². The number of hydrogen-bond acceptors (Lipinski definition) is 6. The Bertz CT molecular complexity index is 1150. The second-order valence-electron chi connectivity index (χ2n) is 9.43. The third kappa shape index (κ3) is 5.04.